The third kappa shape index (κ3) is 3.82. The molecular weight excluding hydrogens is 700 g/mol. The van der Waals surface area contributed by atoms with E-state index in [4.69, 9.17) is 47.0 Å². The number of hydrogen-bond donors (Lipinski definition) is 0. The Kier molecular flexibility index (Phi) is 7.19. The first-order valence-corrected chi connectivity index (χ1v) is 17.8. The van der Waals surface area contributed by atoms with Gasteiger partial charge in [0.1, 0.15) is 17.8 Å². The molecule has 0 aromatic carbocycles. The van der Waals surface area contributed by atoms with Gasteiger partial charge in [-0.05, 0) is 24.8 Å². The van der Waals surface area contributed by atoms with E-state index in [-0.39, 0.29) is 25.7 Å². The van der Waals surface area contributed by atoms with Gasteiger partial charge in [-0.3, -0.25) is 28.8 Å². The fourth-order valence-corrected chi connectivity index (χ4v) is 13.2. The number of carbonyl (C=O) groups excluding carboxylic acids is 6. The minimum Gasteiger partial charge on any atom is -0.472 e. The minimum absolute atomic E-state index is 0.0182. The normalized spacial score (nSPS) is 49.3. The number of hydrogen-bond acceptors (Lipinski definition) is 16. The van der Waals surface area contributed by atoms with Crippen LogP contribution in [0.25, 0.3) is 0 Å². The Balaban J connectivity index is 1.55. The minimum atomic E-state index is -2.18. The van der Waals surface area contributed by atoms with E-state index in [1.807, 2.05) is 6.92 Å². The molecule has 53 heavy (non-hydrogen) atoms. The summed E-state index contributed by atoms with van der Waals surface area (Å²) in [6.07, 6.45) is -3.11. The van der Waals surface area contributed by atoms with Crippen LogP contribution in [0.5, 0.6) is 0 Å². The van der Waals surface area contributed by atoms with E-state index in [1.54, 1.807) is 19.9 Å². The van der Waals surface area contributed by atoms with Crippen LogP contribution in [0.2, 0.25) is 0 Å². The van der Waals surface area contributed by atoms with Gasteiger partial charge in [-0.25, -0.2) is 0 Å². The van der Waals surface area contributed by atoms with Crippen LogP contribution in [0, 0.1) is 28.1 Å². The number of cyclic esters (lactones) is 1. The summed E-state index contributed by atoms with van der Waals surface area (Å²) in [6, 6.07) is 1.65. The molecule has 4 heterocycles. The van der Waals surface area contributed by atoms with Crippen LogP contribution in [0.4, 0.5) is 0 Å². The molecule has 3 aliphatic heterocycles. The van der Waals surface area contributed by atoms with Gasteiger partial charge < -0.3 is 47.0 Å². The summed E-state index contributed by atoms with van der Waals surface area (Å²) >= 11 is 0. The fourth-order valence-electron chi connectivity index (χ4n) is 13.2. The van der Waals surface area contributed by atoms with E-state index in [2.05, 4.69) is 0 Å². The average molecular weight is 745 g/mol. The third-order valence-electron chi connectivity index (χ3n) is 14.0. The number of fused-ring (bicyclic) bond motifs is 3. The lowest BCUT2D eigenvalue weighted by molar-refractivity contribution is -0.486. The van der Waals surface area contributed by atoms with Gasteiger partial charge in [-0.1, -0.05) is 20.8 Å². The second-order valence-electron chi connectivity index (χ2n) is 16.6. The molecule has 1 aromatic rings. The van der Waals surface area contributed by atoms with E-state index in [0.717, 1.165) is 0 Å². The number of carbonyl (C=O) groups is 6. The van der Waals surface area contributed by atoms with Crippen molar-refractivity contribution in [2.45, 2.75) is 134 Å². The molecule has 0 unspecified atom stereocenters. The summed E-state index contributed by atoms with van der Waals surface area (Å²) in [5.41, 5.74) is -11.5. The molecule has 0 amide bonds. The van der Waals surface area contributed by atoms with E-state index in [0.29, 0.717) is 5.56 Å². The highest BCUT2D eigenvalue weighted by Gasteiger charge is 3.06. The Morgan fingerprint density at radius 3 is 2.09 bits per heavy atom. The fraction of sp³-hybridized carbons (Fsp3) is 0.730. The zero-order valence-electron chi connectivity index (χ0n) is 31.1. The Hall–Kier alpha value is -4.02. The first-order chi connectivity index (χ1) is 24.7. The Morgan fingerprint density at radius 1 is 0.849 bits per heavy atom. The maximum absolute atomic E-state index is 14.0. The summed E-state index contributed by atoms with van der Waals surface area (Å²) in [5.74, 6) is -8.26. The molecule has 0 N–H and O–H groups in total. The first-order valence-electron chi connectivity index (χ1n) is 17.8. The maximum Gasteiger partial charge on any atom is 0.306 e. The standard InChI is InChI=1S/C37H44O16/c1-17(38)46-24-14-30(5)23(13-26(43)49-27(30)21-10-11-45-15-21)35-29(48-19(3)40)36(50-20(4)41)28(47-18(2)39)31(6)16-34(36)32(7,22(31)12-25(42)44-9)37(24,35)53-33(8,51-34)52-35/h10-11,15,22-24,27-29H,12-14,16H2,1-9H3/t22-,23-,24-,27-,28+,29+,30-,31+,32+,33+,34+,35+,36-,37-/m0/s1. The van der Waals surface area contributed by atoms with Gasteiger partial charge in [-0.2, -0.15) is 0 Å². The monoisotopic (exact) mass is 744 g/mol. The second kappa shape index (κ2) is 10.6. The zero-order chi connectivity index (χ0) is 38.5. The van der Waals surface area contributed by atoms with Crippen molar-refractivity contribution in [3.63, 3.8) is 0 Å². The predicted molar refractivity (Wildman–Crippen MR) is 170 cm³/mol. The van der Waals surface area contributed by atoms with Crippen molar-refractivity contribution < 1.29 is 75.8 Å². The molecule has 7 fully saturated rings. The molecule has 8 rings (SSSR count). The van der Waals surface area contributed by atoms with Crippen molar-refractivity contribution in [1.82, 2.24) is 0 Å². The number of ether oxygens (including phenoxy) is 9. The molecular formula is C37H44O16. The topological polar surface area (TPSA) is 199 Å². The highest BCUT2D eigenvalue weighted by Crippen LogP contribution is 2.90. The van der Waals surface area contributed by atoms with E-state index in [1.165, 1.54) is 54.3 Å². The summed E-state index contributed by atoms with van der Waals surface area (Å²) in [5, 5.41) is 0. The third-order valence-corrected chi connectivity index (χ3v) is 14.0. The van der Waals surface area contributed by atoms with Gasteiger partial charge in [0, 0.05) is 68.8 Å². The van der Waals surface area contributed by atoms with Gasteiger partial charge in [0.05, 0.1) is 26.1 Å². The SMILES string of the molecule is COC(=O)C[C@H]1[C@@]2(C)C[C@@]34O[C@]5(C)O[C@]6([C@H]7CC(=O)O[C@@H](c8ccoc8)[C@@]7(C)C[C@H](OC(C)=O)[C@]6(O5)[C@]13C)[C@@H](OC(C)=O)[C@@]4(OC(C)=O)[C@@H]2OC(C)=O. The smallest absolute Gasteiger partial charge is 0.306 e. The number of methoxy groups -OCH3 is 1. The molecule has 14 atom stereocenters. The van der Waals surface area contributed by atoms with Crippen molar-refractivity contribution in [3.8, 4) is 0 Å². The zero-order valence-corrected chi connectivity index (χ0v) is 31.1. The van der Waals surface area contributed by atoms with E-state index in [9.17, 15) is 28.8 Å². The van der Waals surface area contributed by atoms with Crippen LogP contribution in [-0.2, 0) is 71.4 Å². The number of rotatable bonds is 7. The lowest BCUT2D eigenvalue weighted by Gasteiger charge is -2.78. The van der Waals surface area contributed by atoms with Crippen molar-refractivity contribution in [2.24, 2.45) is 28.1 Å². The van der Waals surface area contributed by atoms with Gasteiger partial charge in [0.2, 0.25) is 5.60 Å². The van der Waals surface area contributed by atoms with Crippen LogP contribution in [-0.4, -0.2) is 89.6 Å². The van der Waals surface area contributed by atoms with Crippen molar-refractivity contribution in [2.75, 3.05) is 7.11 Å². The largest absolute Gasteiger partial charge is 0.472 e. The summed E-state index contributed by atoms with van der Waals surface area (Å²) in [7, 11) is 1.24. The molecule has 16 nitrogen and oxygen atoms in total. The Bertz CT molecular complexity index is 1840. The molecule has 3 saturated heterocycles. The first kappa shape index (κ1) is 36.0. The lowest BCUT2D eigenvalue weighted by Crippen LogP contribution is -2.96. The number of esters is 6. The molecule has 16 heteroatoms. The summed E-state index contributed by atoms with van der Waals surface area (Å²) in [4.78, 5) is 81.2. The van der Waals surface area contributed by atoms with Crippen molar-refractivity contribution >= 4 is 35.8 Å². The van der Waals surface area contributed by atoms with Crippen molar-refractivity contribution in [1.29, 1.82) is 0 Å². The van der Waals surface area contributed by atoms with Crippen LogP contribution in [0.15, 0.2) is 23.0 Å². The molecule has 2 spiro atoms. The molecule has 0 radical (unpaired) electrons. The maximum atomic E-state index is 14.0. The molecule has 288 valence electrons. The van der Waals surface area contributed by atoms with Crippen LogP contribution < -0.4 is 0 Å². The van der Waals surface area contributed by atoms with Crippen LogP contribution in [0.1, 0.15) is 92.7 Å². The van der Waals surface area contributed by atoms with Gasteiger partial charge in [0.15, 0.2) is 23.4 Å². The average Bonchev–Trinajstić information content (AvgIpc) is 3.74. The van der Waals surface area contributed by atoms with Crippen LogP contribution in [0.3, 0.4) is 0 Å². The lowest BCUT2D eigenvalue weighted by atomic mass is 9.32. The van der Waals surface area contributed by atoms with Gasteiger partial charge in [-0.15, -0.1) is 0 Å². The summed E-state index contributed by atoms with van der Waals surface area (Å²) in [6.45, 7) is 11.7. The molecule has 4 aliphatic carbocycles. The molecule has 1 aromatic heterocycles. The second-order valence-corrected chi connectivity index (χ2v) is 16.6. The van der Waals surface area contributed by atoms with Crippen molar-refractivity contribution in [3.05, 3.63) is 24.2 Å². The highest BCUT2D eigenvalue weighted by atomic mass is 16.9. The number of furan rings is 1. The summed E-state index contributed by atoms with van der Waals surface area (Å²) < 4.78 is 63.7. The van der Waals surface area contributed by atoms with E-state index >= 15 is 0 Å². The Morgan fingerprint density at radius 2 is 1.51 bits per heavy atom. The predicted octanol–water partition coefficient (Wildman–Crippen LogP) is 2.98. The molecule has 4 saturated carbocycles. The Labute approximate surface area is 304 Å². The molecule has 4 bridgehead atoms. The molecule has 7 aliphatic rings. The van der Waals surface area contributed by atoms with Crippen LogP contribution >= 0.6 is 0 Å². The van der Waals surface area contributed by atoms with Gasteiger partial charge in [0.25, 0.3) is 5.97 Å². The van der Waals surface area contributed by atoms with Gasteiger partial charge >= 0.3 is 35.8 Å². The highest BCUT2D eigenvalue weighted by molar-refractivity contribution is 5.76. The van der Waals surface area contributed by atoms with E-state index < -0.39 is 117 Å². The quantitative estimate of drug-likeness (QED) is 0.291.